The number of carbonyl (C=O) groups is 1. The molecule has 3 N–H and O–H groups in total. The maximum atomic E-state index is 13.0. The Morgan fingerprint density at radius 3 is 2.38 bits per heavy atom. The number of aromatic amines is 1. The van der Waals surface area contributed by atoms with Crippen LogP contribution in [0.25, 0.3) is 0 Å². The minimum absolute atomic E-state index is 0.127. The zero-order valence-electron chi connectivity index (χ0n) is 13.2. The Labute approximate surface area is 138 Å². The molecule has 0 aliphatic rings. The van der Waals surface area contributed by atoms with Gasteiger partial charge in [0.25, 0.3) is 5.91 Å². The van der Waals surface area contributed by atoms with Crippen molar-refractivity contribution >= 4 is 23.1 Å². The van der Waals surface area contributed by atoms with Crippen molar-refractivity contribution in [2.45, 2.75) is 13.8 Å². The zero-order chi connectivity index (χ0) is 17.1. The van der Waals surface area contributed by atoms with Crippen molar-refractivity contribution in [1.82, 2.24) is 15.4 Å². The molecule has 1 aromatic heterocycles. The van der Waals surface area contributed by atoms with E-state index < -0.39 is 0 Å². The molecular weight excluding hydrogens is 309 g/mol. The predicted molar refractivity (Wildman–Crippen MR) is 89.9 cm³/mol. The van der Waals surface area contributed by atoms with Crippen molar-refractivity contribution in [3.05, 3.63) is 65.1 Å². The fourth-order valence-electron chi connectivity index (χ4n) is 2.33. The molecule has 0 atom stereocenters. The Hall–Kier alpha value is -3.22. The summed E-state index contributed by atoms with van der Waals surface area (Å²) in [7, 11) is 0. The van der Waals surface area contributed by atoms with Crippen LogP contribution in [0.3, 0.4) is 0 Å². The molecule has 2 aromatic carbocycles. The van der Waals surface area contributed by atoms with Crippen LogP contribution in [0.5, 0.6) is 0 Å². The second-order valence-corrected chi connectivity index (χ2v) is 5.37. The molecule has 0 unspecified atom stereocenters. The lowest BCUT2D eigenvalue weighted by atomic mass is 10.1. The Bertz CT molecular complexity index is 853. The number of amides is 1. The molecule has 0 spiro atoms. The van der Waals surface area contributed by atoms with Crippen LogP contribution in [-0.2, 0) is 0 Å². The number of H-pyrrole nitrogens is 1. The molecule has 0 radical (unpaired) electrons. The maximum Gasteiger partial charge on any atom is 0.280 e. The van der Waals surface area contributed by atoms with Crippen LogP contribution in [0.15, 0.2) is 42.5 Å². The molecule has 1 heterocycles. The molecule has 0 saturated carbocycles. The summed E-state index contributed by atoms with van der Waals surface area (Å²) in [6, 6.07) is 11.5. The normalized spacial score (nSPS) is 10.5. The summed E-state index contributed by atoms with van der Waals surface area (Å²) in [5, 5.41) is 16.1. The molecule has 24 heavy (non-hydrogen) atoms. The van der Waals surface area contributed by atoms with Crippen molar-refractivity contribution in [3.63, 3.8) is 0 Å². The summed E-state index contributed by atoms with van der Waals surface area (Å²) >= 11 is 0. The van der Waals surface area contributed by atoms with Crippen LogP contribution >= 0.6 is 0 Å². The van der Waals surface area contributed by atoms with Crippen molar-refractivity contribution in [3.8, 4) is 0 Å². The van der Waals surface area contributed by atoms with Gasteiger partial charge in [0, 0.05) is 11.4 Å². The van der Waals surface area contributed by atoms with Crippen molar-refractivity contribution in [1.29, 1.82) is 0 Å². The summed E-state index contributed by atoms with van der Waals surface area (Å²) in [5.41, 5.74) is 3.39. The number of anilines is 3. The van der Waals surface area contributed by atoms with Crippen molar-refractivity contribution in [2.75, 3.05) is 10.6 Å². The van der Waals surface area contributed by atoms with E-state index in [4.69, 9.17) is 0 Å². The quantitative estimate of drug-likeness (QED) is 0.685. The van der Waals surface area contributed by atoms with Gasteiger partial charge >= 0.3 is 0 Å². The molecule has 7 heteroatoms. The molecule has 1 amide bonds. The van der Waals surface area contributed by atoms with E-state index in [2.05, 4.69) is 26.0 Å². The number of aromatic nitrogens is 3. The number of benzene rings is 2. The highest BCUT2D eigenvalue weighted by Crippen LogP contribution is 2.22. The van der Waals surface area contributed by atoms with Gasteiger partial charge in [0.1, 0.15) is 5.82 Å². The molecule has 0 fully saturated rings. The van der Waals surface area contributed by atoms with Crippen LogP contribution < -0.4 is 10.6 Å². The summed E-state index contributed by atoms with van der Waals surface area (Å²) in [5.74, 6) is -0.454. The van der Waals surface area contributed by atoms with Gasteiger partial charge in [-0.2, -0.15) is 5.21 Å². The third-order valence-electron chi connectivity index (χ3n) is 3.59. The van der Waals surface area contributed by atoms with Crippen LogP contribution in [-0.4, -0.2) is 21.3 Å². The highest BCUT2D eigenvalue weighted by atomic mass is 19.1. The molecule has 0 saturated heterocycles. The largest absolute Gasteiger partial charge is 0.337 e. The van der Waals surface area contributed by atoms with Gasteiger partial charge in [-0.25, -0.2) is 4.39 Å². The standard InChI is InChI=1S/C17H16FN5O/c1-10-4-3-5-11(2)14(10)20-17(24)15-16(22-23-21-15)19-13-8-6-12(18)7-9-13/h3-9H,1-2H3,(H,20,24)(H2,19,21,22,23). The molecular formula is C17H16FN5O. The molecule has 0 aliphatic heterocycles. The number of hydrogen-bond acceptors (Lipinski definition) is 4. The summed E-state index contributed by atoms with van der Waals surface area (Å²) in [4.78, 5) is 12.5. The van der Waals surface area contributed by atoms with Crippen molar-refractivity contribution in [2.24, 2.45) is 0 Å². The van der Waals surface area contributed by atoms with Gasteiger partial charge in [-0.05, 0) is 49.2 Å². The minimum Gasteiger partial charge on any atom is -0.337 e. The van der Waals surface area contributed by atoms with E-state index in [-0.39, 0.29) is 23.2 Å². The number of hydrogen-bond donors (Lipinski definition) is 3. The van der Waals surface area contributed by atoms with E-state index in [9.17, 15) is 9.18 Å². The van der Waals surface area contributed by atoms with E-state index in [1.165, 1.54) is 12.1 Å². The molecule has 122 valence electrons. The average molecular weight is 325 g/mol. The fourth-order valence-corrected chi connectivity index (χ4v) is 2.33. The minimum atomic E-state index is -0.384. The summed E-state index contributed by atoms with van der Waals surface area (Å²) < 4.78 is 13.0. The second-order valence-electron chi connectivity index (χ2n) is 5.37. The lowest BCUT2D eigenvalue weighted by Gasteiger charge is -2.11. The van der Waals surface area contributed by atoms with Crippen LogP contribution in [0.1, 0.15) is 21.6 Å². The van der Waals surface area contributed by atoms with E-state index in [0.717, 1.165) is 16.8 Å². The molecule has 0 bridgehead atoms. The molecule has 0 aliphatic carbocycles. The van der Waals surface area contributed by atoms with Crippen molar-refractivity contribution < 1.29 is 9.18 Å². The maximum absolute atomic E-state index is 13.0. The first kappa shape index (κ1) is 15.7. The second kappa shape index (κ2) is 6.49. The first-order chi connectivity index (χ1) is 11.5. The number of carbonyl (C=O) groups excluding carboxylic acids is 1. The Kier molecular flexibility index (Phi) is 4.24. The monoisotopic (exact) mass is 325 g/mol. The van der Waals surface area contributed by atoms with Gasteiger partial charge in [0.15, 0.2) is 11.5 Å². The summed E-state index contributed by atoms with van der Waals surface area (Å²) in [6.07, 6.45) is 0. The number of nitrogens with zero attached hydrogens (tertiary/aromatic N) is 2. The Balaban J connectivity index is 1.82. The fraction of sp³-hybridized carbons (Fsp3) is 0.118. The molecule has 3 aromatic rings. The number of rotatable bonds is 4. The molecule has 3 rings (SSSR count). The van der Waals surface area contributed by atoms with Crippen LogP contribution in [0.2, 0.25) is 0 Å². The van der Waals surface area contributed by atoms with Crippen LogP contribution in [0, 0.1) is 19.7 Å². The van der Waals surface area contributed by atoms with E-state index in [1.54, 1.807) is 12.1 Å². The van der Waals surface area contributed by atoms with Gasteiger partial charge < -0.3 is 10.6 Å². The van der Waals surface area contributed by atoms with E-state index >= 15 is 0 Å². The van der Waals surface area contributed by atoms with Crippen LogP contribution in [0.4, 0.5) is 21.6 Å². The van der Waals surface area contributed by atoms with Gasteiger partial charge in [0.2, 0.25) is 0 Å². The predicted octanol–water partition coefficient (Wildman–Crippen LogP) is 3.56. The van der Waals surface area contributed by atoms with Gasteiger partial charge in [-0.1, -0.05) is 18.2 Å². The Morgan fingerprint density at radius 2 is 1.71 bits per heavy atom. The van der Waals surface area contributed by atoms with Gasteiger partial charge in [0.05, 0.1) is 0 Å². The van der Waals surface area contributed by atoms with E-state index in [1.807, 2.05) is 32.0 Å². The number of halogens is 1. The number of nitrogens with one attached hydrogen (secondary N) is 3. The topological polar surface area (TPSA) is 82.7 Å². The Morgan fingerprint density at radius 1 is 1.04 bits per heavy atom. The lowest BCUT2D eigenvalue weighted by Crippen LogP contribution is -2.15. The lowest BCUT2D eigenvalue weighted by molar-refractivity contribution is 0.102. The van der Waals surface area contributed by atoms with E-state index in [0.29, 0.717) is 5.69 Å². The average Bonchev–Trinajstić information content (AvgIpc) is 3.01. The highest BCUT2D eigenvalue weighted by molar-refractivity contribution is 6.06. The first-order valence-electron chi connectivity index (χ1n) is 7.35. The highest BCUT2D eigenvalue weighted by Gasteiger charge is 2.18. The van der Waals surface area contributed by atoms with Gasteiger partial charge in [-0.3, -0.25) is 4.79 Å². The first-order valence-corrected chi connectivity index (χ1v) is 7.35. The number of aryl methyl sites for hydroxylation is 2. The van der Waals surface area contributed by atoms with Gasteiger partial charge in [-0.15, -0.1) is 10.2 Å². The molecule has 6 nitrogen and oxygen atoms in total. The third kappa shape index (κ3) is 3.24. The SMILES string of the molecule is Cc1cccc(C)c1NC(=O)c1n[nH]nc1Nc1ccc(F)cc1. The smallest absolute Gasteiger partial charge is 0.280 e. The third-order valence-corrected chi connectivity index (χ3v) is 3.59. The number of para-hydroxylation sites is 1. The zero-order valence-corrected chi connectivity index (χ0v) is 13.2. The summed E-state index contributed by atoms with van der Waals surface area (Å²) in [6.45, 7) is 3.84.